The molecule has 0 fully saturated rings. The number of anilines is 2. The monoisotopic (exact) mass is 574 g/mol. The Morgan fingerprint density at radius 2 is 1.92 bits per heavy atom. The van der Waals surface area contributed by atoms with Gasteiger partial charge in [-0.25, -0.2) is 29.0 Å². The maximum Gasteiger partial charge on any atom is 0.453 e. The average Bonchev–Trinajstić information content (AvgIpc) is 3.40. The summed E-state index contributed by atoms with van der Waals surface area (Å²) in [4.78, 5) is 29.2. The van der Waals surface area contributed by atoms with Crippen molar-refractivity contribution in [2.24, 2.45) is 6.98 Å². The van der Waals surface area contributed by atoms with Crippen LogP contribution in [0.5, 0.6) is 0 Å². The Balaban J connectivity index is 1.67. The fraction of sp³-hybridized carbons (Fsp3) is 0.318. The first-order valence-corrected chi connectivity index (χ1v) is 11.2. The molecule has 4 heterocycles. The molecule has 0 aliphatic carbocycles. The number of nitrogens with two attached hydrogens (primary N) is 1. The number of rotatable bonds is 5. The standard InChI is InChI=1S/C22H16ClF6N9O/c1-20(9-4-3-8(23)7-10(9)24)12-15(30)33-17(34-16(12)35-19(20)39)13-14-18(38(2)37-36-14)32-11(31-13)5-6-21(25,26)22(27,28)29/h3-4,7H,5-6H2,1-2H3,(H3,30,33,34,35,39)/i2D3. The zero-order chi connectivity index (χ0) is 31.0. The smallest absolute Gasteiger partial charge is 0.383 e. The first kappa shape index (κ1) is 22.9. The fourth-order valence-corrected chi connectivity index (χ4v) is 4.36. The number of aromatic nitrogens is 7. The number of aryl methyl sites for hydroxylation is 2. The Morgan fingerprint density at radius 1 is 1.18 bits per heavy atom. The quantitative estimate of drug-likeness (QED) is 0.342. The topological polar surface area (TPSA) is 137 Å². The summed E-state index contributed by atoms with van der Waals surface area (Å²) >= 11 is 5.84. The third-order valence-electron chi connectivity index (χ3n) is 6.23. The molecule has 1 atom stereocenters. The Labute approximate surface area is 223 Å². The van der Waals surface area contributed by atoms with E-state index in [-0.39, 0.29) is 33.3 Å². The van der Waals surface area contributed by atoms with Gasteiger partial charge in [0, 0.05) is 34.5 Å². The number of carbonyl (C=O) groups excluding carboxylic acids is 1. The van der Waals surface area contributed by atoms with Crippen LogP contribution in [0, 0.1) is 5.82 Å². The first-order valence-electron chi connectivity index (χ1n) is 12.4. The summed E-state index contributed by atoms with van der Waals surface area (Å²) in [6, 6.07) is 3.63. The minimum Gasteiger partial charge on any atom is -0.383 e. The summed E-state index contributed by atoms with van der Waals surface area (Å²) in [7, 11) is 0. The van der Waals surface area contributed by atoms with Crippen LogP contribution in [0.25, 0.3) is 22.7 Å². The highest BCUT2D eigenvalue weighted by molar-refractivity contribution is 6.30. The minimum absolute atomic E-state index is 0.0287. The van der Waals surface area contributed by atoms with Crippen LogP contribution in [-0.2, 0) is 23.6 Å². The van der Waals surface area contributed by atoms with Gasteiger partial charge in [0.15, 0.2) is 17.0 Å². The summed E-state index contributed by atoms with van der Waals surface area (Å²) in [5.41, 5.74) is 3.02. The molecular weight excluding hydrogens is 556 g/mol. The Hall–Kier alpha value is -4.08. The van der Waals surface area contributed by atoms with Crippen LogP contribution in [0.2, 0.25) is 5.02 Å². The molecule has 4 aromatic rings. The van der Waals surface area contributed by atoms with Crippen molar-refractivity contribution in [3.8, 4) is 11.5 Å². The van der Waals surface area contributed by atoms with Crippen LogP contribution in [-0.4, -0.2) is 52.9 Å². The van der Waals surface area contributed by atoms with Crippen molar-refractivity contribution in [3.05, 3.63) is 46.0 Å². The number of fused-ring (bicyclic) bond motifs is 2. The predicted molar refractivity (Wildman–Crippen MR) is 125 cm³/mol. The van der Waals surface area contributed by atoms with Gasteiger partial charge in [-0.2, -0.15) is 22.0 Å². The van der Waals surface area contributed by atoms with Gasteiger partial charge in [0.2, 0.25) is 5.91 Å². The van der Waals surface area contributed by atoms with E-state index in [4.69, 9.17) is 21.4 Å². The van der Waals surface area contributed by atoms with Crippen molar-refractivity contribution >= 4 is 40.3 Å². The maximum absolute atomic E-state index is 14.9. The van der Waals surface area contributed by atoms with E-state index in [0.717, 1.165) is 6.07 Å². The van der Waals surface area contributed by atoms with E-state index in [1.807, 2.05) is 0 Å². The van der Waals surface area contributed by atoms with Gasteiger partial charge in [0.05, 0.1) is 5.56 Å². The van der Waals surface area contributed by atoms with Gasteiger partial charge in [-0.05, 0) is 19.1 Å². The number of nitrogen functional groups attached to an aromatic ring is 1. The molecule has 0 bridgehead atoms. The lowest BCUT2D eigenvalue weighted by molar-refractivity contribution is -0.284. The van der Waals surface area contributed by atoms with E-state index >= 15 is 0 Å². The molecule has 0 spiro atoms. The van der Waals surface area contributed by atoms with Crippen molar-refractivity contribution < 1.29 is 35.2 Å². The predicted octanol–water partition coefficient (Wildman–Crippen LogP) is 3.98. The molecule has 1 amide bonds. The Morgan fingerprint density at radius 3 is 2.59 bits per heavy atom. The van der Waals surface area contributed by atoms with Crippen molar-refractivity contribution in [2.75, 3.05) is 11.1 Å². The van der Waals surface area contributed by atoms with Crippen LogP contribution >= 0.6 is 11.6 Å². The van der Waals surface area contributed by atoms with E-state index in [0.29, 0.717) is 4.68 Å². The number of halogens is 7. The van der Waals surface area contributed by atoms with Gasteiger partial charge in [-0.15, -0.1) is 5.10 Å². The number of nitrogens with zero attached hydrogens (tertiary/aromatic N) is 7. The molecule has 1 unspecified atom stereocenters. The molecule has 0 saturated heterocycles. The lowest BCUT2D eigenvalue weighted by Crippen LogP contribution is -2.36. The zero-order valence-electron chi connectivity index (χ0n) is 22.4. The van der Waals surface area contributed by atoms with Crippen molar-refractivity contribution in [2.45, 2.75) is 37.3 Å². The maximum atomic E-state index is 14.9. The average molecular weight is 575 g/mol. The highest BCUT2D eigenvalue weighted by atomic mass is 35.5. The molecule has 3 N–H and O–H groups in total. The summed E-state index contributed by atoms with van der Waals surface area (Å²) in [6.45, 7) is -1.62. The van der Waals surface area contributed by atoms with Gasteiger partial charge in [0.25, 0.3) is 0 Å². The number of hydrogen-bond acceptors (Lipinski definition) is 8. The summed E-state index contributed by atoms with van der Waals surface area (Å²) in [5.74, 6) is -8.28. The SMILES string of the molecule is [2H]C([2H])([2H])n1nnc2c(-c3nc(N)c4c(n3)NC(=O)C4(C)c3ccc(Cl)cc3F)nc(CCC(F)(F)C(F)(F)F)nc21. The number of benzene rings is 1. The number of alkyl halides is 5. The van der Waals surface area contributed by atoms with Crippen LogP contribution < -0.4 is 11.1 Å². The third-order valence-corrected chi connectivity index (χ3v) is 6.46. The van der Waals surface area contributed by atoms with Crippen molar-refractivity contribution in [1.29, 1.82) is 0 Å². The van der Waals surface area contributed by atoms with Gasteiger partial charge in [-0.3, -0.25) is 4.79 Å². The minimum atomic E-state index is -5.85. The van der Waals surface area contributed by atoms with Gasteiger partial charge < -0.3 is 11.1 Å². The Kier molecular flexibility index (Phi) is 5.11. The molecule has 1 aliphatic heterocycles. The van der Waals surface area contributed by atoms with Gasteiger partial charge in [-0.1, -0.05) is 22.9 Å². The molecule has 17 heteroatoms. The molecule has 5 rings (SSSR count). The lowest BCUT2D eigenvalue weighted by atomic mass is 9.77. The van der Waals surface area contributed by atoms with E-state index in [1.54, 1.807) is 0 Å². The second kappa shape index (κ2) is 8.72. The number of amides is 1. The molecule has 3 aromatic heterocycles. The number of nitrogens with one attached hydrogen (secondary N) is 1. The Bertz CT molecular complexity index is 1760. The number of hydrogen-bond donors (Lipinski definition) is 2. The molecule has 204 valence electrons. The summed E-state index contributed by atoms with van der Waals surface area (Å²) < 4.78 is 104. The molecule has 39 heavy (non-hydrogen) atoms. The molecule has 1 aromatic carbocycles. The van der Waals surface area contributed by atoms with Crippen LogP contribution in [0.3, 0.4) is 0 Å². The van der Waals surface area contributed by atoms with Crippen LogP contribution in [0.15, 0.2) is 18.2 Å². The summed E-state index contributed by atoms with van der Waals surface area (Å²) in [5, 5.41) is 9.74. The molecule has 10 nitrogen and oxygen atoms in total. The first-order chi connectivity index (χ1) is 19.3. The summed E-state index contributed by atoms with van der Waals surface area (Å²) in [6.07, 6.45) is -8.66. The normalized spacial score (nSPS) is 19.0. The van der Waals surface area contributed by atoms with Crippen LogP contribution in [0.1, 0.15) is 34.4 Å². The van der Waals surface area contributed by atoms with E-state index < -0.39 is 72.0 Å². The van der Waals surface area contributed by atoms with E-state index in [1.165, 1.54) is 19.1 Å². The van der Waals surface area contributed by atoms with Gasteiger partial charge in [0.1, 0.15) is 34.4 Å². The molecular formula is C22H16ClF6N9O. The number of carbonyl (C=O) groups is 1. The molecule has 0 radical (unpaired) electrons. The third kappa shape index (κ3) is 4.18. The van der Waals surface area contributed by atoms with Crippen LogP contribution in [0.4, 0.5) is 38.0 Å². The lowest BCUT2D eigenvalue weighted by Gasteiger charge is -2.24. The molecule has 0 saturated carbocycles. The highest BCUT2D eigenvalue weighted by Gasteiger charge is 2.56. The molecule has 1 aliphatic rings. The van der Waals surface area contributed by atoms with E-state index in [2.05, 4.69) is 35.6 Å². The van der Waals surface area contributed by atoms with Crippen molar-refractivity contribution in [1.82, 2.24) is 34.9 Å². The second-order valence-electron chi connectivity index (χ2n) is 8.72. The van der Waals surface area contributed by atoms with Crippen molar-refractivity contribution in [3.63, 3.8) is 0 Å². The zero-order valence-corrected chi connectivity index (χ0v) is 20.2. The second-order valence-corrected chi connectivity index (χ2v) is 9.16. The van der Waals surface area contributed by atoms with Gasteiger partial charge >= 0.3 is 12.1 Å². The fourth-order valence-electron chi connectivity index (χ4n) is 4.20. The largest absolute Gasteiger partial charge is 0.453 e. The highest BCUT2D eigenvalue weighted by Crippen LogP contribution is 2.46. The van der Waals surface area contributed by atoms with E-state index in [9.17, 15) is 31.1 Å².